The van der Waals surface area contributed by atoms with Gasteiger partial charge in [-0.1, -0.05) is 0 Å². The number of aryl methyl sites for hydroxylation is 2. The summed E-state index contributed by atoms with van der Waals surface area (Å²) in [5.41, 5.74) is 2.51. The fourth-order valence-electron chi connectivity index (χ4n) is 1.55. The Labute approximate surface area is 89.1 Å². The van der Waals surface area contributed by atoms with Gasteiger partial charge in [-0.25, -0.2) is 4.79 Å². The van der Waals surface area contributed by atoms with Crippen molar-refractivity contribution in [2.24, 2.45) is 0 Å². The first-order valence-corrected chi connectivity index (χ1v) is 4.59. The first-order valence-electron chi connectivity index (χ1n) is 4.59. The molecule has 4 nitrogen and oxygen atoms in total. The van der Waals surface area contributed by atoms with Gasteiger partial charge in [0.2, 0.25) is 0 Å². The van der Waals surface area contributed by atoms with Crippen molar-refractivity contribution in [1.82, 2.24) is 0 Å². The molecule has 0 bridgehead atoms. The maximum Gasteiger partial charge on any atom is 0.411 e. The van der Waals surface area contributed by atoms with Crippen molar-refractivity contribution in [2.45, 2.75) is 13.8 Å². The fourth-order valence-corrected chi connectivity index (χ4v) is 1.55. The van der Waals surface area contributed by atoms with Crippen LogP contribution in [-0.2, 0) is 0 Å². The molecule has 82 valence electrons. The third-order valence-electron chi connectivity index (χ3n) is 2.32. The quantitative estimate of drug-likeness (QED) is 0.813. The first-order chi connectivity index (χ1) is 6.97. The van der Waals surface area contributed by atoms with Gasteiger partial charge in [0.15, 0.2) is 0 Å². The molecule has 0 aliphatic rings. The van der Waals surface area contributed by atoms with Crippen molar-refractivity contribution >= 4 is 11.8 Å². The Morgan fingerprint density at radius 2 is 1.80 bits per heavy atom. The third kappa shape index (κ3) is 2.21. The molecule has 0 saturated carbocycles. The standard InChI is InChI=1S/C11H15NO3/c1-7-5-9(12(3)11(13)14)6-8(2)10(7)15-4/h5-6H,1-4H3,(H,13,14). The highest BCUT2D eigenvalue weighted by molar-refractivity contribution is 5.85. The number of benzene rings is 1. The lowest BCUT2D eigenvalue weighted by atomic mass is 10.1. The van der Waals surface area contributed by atoms with E-state index in [4.69, 9.17) is 9.84 Å². The van der Waals surface area contributed by atoms with E-state index in [0.717, 1.165) is 16.9 Å². The van der Waals surface area contributed by atoms with Gasteiger partial charge in [-0.2, -0.15) is 0 Å². The number of hydrogen-bond donors (Lipinski definition) is 1. The Balaban J connectivity index is 3.19. The molecule has 0 heterocycles. The summed E-state index contributed by atoms with van der Waals surface area (Å²) >= 11 is 0. The van der Waals surface area contributed by atoms with Gasteiger partial charge in [0.05, 0.1) is 7.11 Å². The van der Waals surface area contributed by atoms with E-state index in [1.165, 1.54) is 11.9 Å². The molecule has 1 aromatic rings. The smallest absolute Gasteiger partial charge is 0.411 e. The summed E-state index contributed by atoms with van der Waals surface area (Å²) < 4.78 is 5.21. The minimum Gasteiger partial charge on any atom is -0.496 e. The average Bonchev–Trinajstić information content (AvgIpc) is 2.15. The number of carbonyl (C=O) groups is 1. The van der Waals surface area contributed by atoms with Gasteiger partial charge >= 0.3 is 6.09 Å². The number of methoxy groups -OCH3 is 1. The van der Waals surface area contributed by atoms with E-state index in [1.807, 2.05) is 13.8 Å². The van der Waals surface area contributed by atoms with Gasteiger partial charge < -0.3 is 9.84 Å². The topological polar surface area (TPSA) is 49.8 Å². The summed E-state index contributed by atoms with van der Waals surface area (Å²) in [5, 5.41) is 8.84. The molecule has 0 radical (unpaired) electrons. The minimum atomic E-state index is -0.973. The first kappa shape index (κ1) is 11.4. The Kier molecular flexibility index (Phi) is 3.19. The van der Waals surface area contributed by atoms with Crippen LogP contribution in [0.5, 0.6) is 5.75 Å². The molecule has 1 N–H and O–H groups in total. The minimum absolute atomic E-state index is 0.651. The summed E-state index contributed by atoms with van der Waals surface area (Å²) in [4.78, 5) is 12.0. The van der Waals surface area contributed by atoms with E-state index < -0.39 is 6.09 Å². The Morgan fingerprint density at radius 1 is 1.33 bits per heavy atom. The summed E-state index contributed by atoms with van der Waals surface area (Å²) in [6.07, 6.45) is -0.973. The molecule has 0 fully saturated rings. The number of rotatable bonds is 2. The van der Waals surface area contributed by atoms with Crippen molar-refractivity contribution in [3.63, 3.8) is 0 Å². The van der Waals surface area contributed by atoms with Gasteiger partial charge in [0.25, 0.3) is 0 Å². The lowest BCUT2D eigenvalue weighted by molar-refractivity contribution is 0.203. The second-order valence-electron chi connectivity index (χ2n) is 3.45. The van der Waals surface area contributed by atoms with E-state index >= 15 is 0 Å². The molecule has 0 spiro atoms. The van der Waals surface area contributed by atoms with Crippen LogP contribution < -0.4 is 9.64 Å². The van der Waals surface area contributed by atoms with Crippen molar-refractivity contribution in [3.8, 4) is 5.75 Å². The van der Waals surface area contributed by atoms with Crippen LogP contribution in [0.15, 0.2) is 12.1 Å². The largest absolute Gasteiger partial charge is 0.496 e. The Hall–Kier alpha value is -1.71. The Bertz CT molecular complexity index is 364. The predicted molar refractivity (Wildman–Crippen MR) is 58.9 cm³/mol. The zero-order valence-corrected chi connectivity index (χ0v) is 9.37. The molecule has 0 saturated heterocycles. The molecule has 0 aliphatic heterocycles. The summed E-state index contributed by atoms with van der Waals surface area (Å²) in [6.45, 7) is 3.79. The van der Waals surface area contributed by atoms with Crippen LogP contribution in [0.2, 0.25) is 0 Å². The average molecular weight is 209 g/mol. The molecule has 15 heavy (non-hydrogen) atoms. The lowest BCUT2D eigenvalue weighted by Crippen LogP contribution is -2.23. The van der Waals surface area contributed by atoms with Crippen LogP contribution in [0, 0.1) is 13.8 Å². The van der Waals surface area contributed by atoms with Crippen LogP contribution in [0.4, 0.5) is 10.5 Å². The van der Waals surface area contributed by atoms with Crippen molar-refractivity contribution in [1.29, 1.82) is 0 Å². The van der Waals surface area contributed by atoms with E-state index in [2.05, 4.69) is 0 Å². The normalized spacial score (nSPS) is 9.87. The zero-order chi connectivity index (χ0) is 11.6. The number of anilines is 1. The number of carboxylic acid groups (broad SMARTS) is 1. The number of hydrogen-bond acceptors (Lipinski definition) is 2. The lowest BCUT2D eigenvalue weighted by Gasteiger charge is -2.16. The van der Waals surface area contributed by atoms with E-state index in [1.54, 1.807) is 19.2 Å². The number of ether oxygens (including phenoxy) is 1. The number of nitrogens with zero attached hydrogens (tertiary/aromatic N) is 1. The summed E-state index contributed by atoms with van der Waals surface area (Å²) in [5.74, 6) is 0.803. The molecule has 0 atom stereocenters. The zero-order valence-electron chi connectivity index (χ0n) is 9.37. The monoisotopic (exact) mass is 209 g/mol. The fraction of sp³-hybridized carbons (Fsp3) is 0.364. The van der Waals surface area contributed by atoms with Crippen molar-refractivity contribution in [2.75, 3.05) is 19.1 Å². The van der Waals surface area contributed by atoms with Crippen LogP contribution in [0.25, 0.3) is 0 Å². The maximum atomic E-state index is 10.8. The molecule has 1 amide bonds. The summed E-state index contributed by atoms with van der Waals surface area (Å²) in [7, 11) is 3.12. The third-order valence-corrected chi connectivity index (χ3v) is 2.32. The van der Waals surface area contributed by atoms with Crippen LogP contribution in [-0.4, -0.2) is 25.4 Å². The molecular formula is C11H15NO3. The van der Waals surface area contributed by atoms with Crippen LogP contribution in [0.3, 0.4) is 0 Å². The second-order valence-corrected chi connectivity index (χ2v) is 3.45. The second kappa shape index (κ2) is 4.21. The highest BCUT2D eigenvalue weighted by Crippen LogP contribution is 2.28. The Morgan fingerprint density at radius 3 is 2.13 bits per heavy atom. The molecular weight excluding hydrogens is 194 g/mol. The molecule has 1 aromatic carbocycles. The van der Waals surface area contributed by atoms with Gasteiger partial charge in [-0.05, 0) is 37.1 Å². The molecule has 0 aromatic heterocycles. The van der Waals surface area contributed by atoms with Crippen LogP contribution in [0.1, 0.15) is 11.1 Å². The van der Waals surface area contributed by atoms with E-state index in [-0.39, 0.29) is 0 Å². The van der Waals surface area contributed by atoms with Crippen LogP contribution >= 0.6 is 0 Å². The summed E-state index contributed by atoms with van der Waals surface area (Å²) in [6, 6.07) is 3.58. The highest BCUT2D eigenvalue weighted by atomic mass is 16.5. The maximum absolute atomic E-state index is 10.8. The van der Waals surface area contributed by atoms with Crippen molar-refractivity contribution < 1.29 is 14.6 Å². The van der Waals surface area contributed by atoms with Gasteiger partial charge in [-0.15, -0.1) is 0 Å². The predicted octanol–water partition coefficient (Wildman–Crippen LogP) is 2.43. The van der Waals surface area contributed by atoms with Gasteiger partial charge in [0.1, 0.15) is 5.75 Å². The van der Waals surface area contributed by atoms with E-state index in [0.29, 0.717) is 5.69 Å². The molecule has 4 heteroatoms. The van der Waals surface area contributed by atoms with Crippen molar-refractivity contribution in [3.05, 3.63) is 23.3 Å². The number of amides is 1. The molecule has 1 rings (SSSR count). The van der Waals surface area contributed by atoms with Gasteiger partial charge in [0, 0.05) is 12.7 Å². The molecule has 0 aliphatic carbocycles. The van der Waals surface area contributed by atoms with E-state index in [9.17, 15) is 4.79 Å². The highest BCUT2D eigenvalue weighted by Gasteiger charge is 2.12. The van der Waals surface area contributed by atoms with Gasteiger partial charge in [-0.3, -0.25) is 4.90 Å². The SMILES string of the molecule is COc1c(C)cc(N(C)C(=O)O)cc1C. The molecule has 0 unspecified atom stereocenters.